The van der Waals surface area contributed by atoms with Gasteiger partial charge in [0.05, 0.1) is 0 Å². The lowest BCUT2D eigenvalue weighted by molar-refractivity contribution is 0.0951. The summed E-state index contributed by atoms with van der Waals surface area (Å²) in [5.41, 5.74) is 3.53. The van der Waals surface area contributed by atoms with Crippen molar-refractivity contribution in [3.8, 4) is 11.8 Å². The SMILES string of the molecule is Cc1ccc(CNC(=O)c2cccc(C#CCO)c2)cc1. The van der Waals surface area contributed by atoms with Crippen molar-refractivity contribution in [2.45, 2.75) is 13.5 Å². The Hall–Kier alpha value is -2.57. The van der Waals surface area contributed by atoms with Crippen LogP contribution >= 0.6 is 0 Å². The molecule has 3 heteroatoms. The molecule has 0 saturated carbocycles. The smallest absolute Gasteiger partial charge is 0.251 e. The number of rotatable bonds is 3. The zero-order valence-corrected chi connectivity index (χ0v) is 11.9. The highest BCUT2D eigenvalue weighted by Gasteiger charge is 2.05. The Kier molecular flexibility index (Phi) is 5.14. The number of benzene rings is 2. The first kappa shape index (κ1) is 14.8. The van der Waals surface area contributed by atoms with Crippen LogP contribution in [-0.2, 0) is 6.54 Å². The largest absolute Gasteiger partial charge is 0.384 e. The second-order valence-electron chi connectivity index (χ2n) is 4.71. The Balaban J connectivity index is 2.01. The fourth-order valence-corrected chi connectivity index (χ4v) is 1.87. The lowest BCUT2D eigenvalue weighted by atomic mass is 10.1. The minimum absolute atomic E-state index is 0.136. The molecule has 2 aromatic rings. The number of aliphatic hydroxyl groups is 1. The summed E-state index contributed by atoms with van der Waals surface area (Å²) in [7, 11) is 0. The van der Waals surface area contributed by atoms with Gasteiger partial charge in [-0.25, -0.2) is 0 Å². The van der Waals surface area contributed by atoms with Gasteiger partial charge in [-0.05, 0) is 30.7 Å². The molecule has 0 aliphatic carbocycles. The van der Waals surface area contributed by atoms with E-state index in [-0.39, 0.29) is 12.5 Å². The van der Waals surface area contributed by atoms with E-state index in [1.54, 1.807) is 24.3 Å². The number of hydrogen-bond donors (Lipinski definition) is 2. The standard InChI is InChI=1S/C18H17NO2/c1-14-7-9-16(10-8-14)13-19-18(21)17-6-2-4-15(12-17)5-3-11-20/h2,4,6-10,12,20H,11,13H2,1H3,(H,19,21). The third-order valence-corrected chi connectivity index (χ3v) is 3.01. The molecular formula is C18H17NO2. The van der Waals surface area contributed by atoms with Crippen LogP contribution in [0.4, 0.5) is 0 Å². The van der Waals surface area contributed by atoms with Gasteiger partial charge in [-0.15, -0.1) is 0 Å². The van der Waals surface area contributed by atoms with Gasteiger partial charge in [0.25, 0.3) is 5.91 Å². The summed E-state index contributed by atoms with van der Waals surface area (Å²) in [6.45, 7) is 2.33. The second kappa shape index (κ2) is 7.28. The van der Waals surface area contributed by atoms with Crippen molar-refractivity contribution >= 4 is 5.91 Å². The number of carbonyl (C=O) groups excluding carboxylic acids is 1. The summed E-state index contributed by atoms with van der Waals surface area (Å²) in [5, 5.41) is 11.6. The van der Waals surface area contributed by atoms with E-state index in [2.05, 4.69) is 17.2 Å². The van der Waals surface area contributed by atoms with E-state index >= 15 is 0 Å². The molecule has 2 N–H and O–H groups in total. The van der Waals surface area contributed by atoms with Crippen LogP contribution in [-0.4, -0.2) is 17.6 Å². The van der Waals surface area contributed by atoms with Crippen LogP contribution in [0.2, 0.25) is 0 Å². The topological polar surface area (TPSA) is 49.3 Å². The summed E-state index contributed by atoms with van der Waals surface area (Å²) >= 11 is 0. The van der Waals surface area contributed by atoms with Crippen LogP contribution < -0.4 is 5.32 Å². The van der Waals surface area contributed by atoms with Crippen molar-refractivity contribution < 1.29 is 9.90 Å². The minimum atomic E-state index is -0.191. The van der Waals surface area contributed by atoms with Crippen molar-refractivity contribution in [2.24, 2.45) is 0 Å². The Morgan fingerprint density at radius 2 is 1.95 bits per heavy atom. The monoisotopic (exact) mass is 279 g/mol. The van der Waals surface area contributed by atoms with Gasteiger partial charge in [-0.2, -0.15) is 0 Å². The van der Waals surface area contributed by atoms with E-state index in [9.17, 15) is 4.79 Å². The molecule has 0 aliphatic rings. The molecule has 0 fully saturated rings. The third kappa shape index (κ3) is 4.48. The molecule has 0 radical (unpaired) electrons. The molecule has 21 heavy (non-hydrogen) atoms. The zero-order chi connectivity index (χ0) is 15.1. The molecule has 0 aliphatic heterocycles. The van der Waals surface area contributed by atoms with Crippen LogP contribution in [0.25, 0.3) is 0 Å². The van der Waals surface area contributed by atoms with Crippen molar-refractivity contribution in [1.82, 2.24) is 5.32 Å². The van der Waals surface area contributed by atoms with Crippen LogP contribution in [0.3, 0.4) is 0 Å². The van der Waals surface area contributed by atoms with Crippen LogP contribution in [0, 0.1) is 18.8 Å². The van der Waals surface area contributed by atoms with Gasteiger partial charge in [-0.1, -0.05) is 47.7 Å². The number of hydrogen-bond acceptors (Lipinski definition) is 2. The van der Waals surface area contributed by atoms with E-state index in [0.717, 1.165) is 5.56 Å². The normalized spacial score (nSPS) is 9.62. The summed E-state index contributed by atoms with van der Waals surface area (Å²) in [6, 6.07) is 15.1. The Bertz CT molecular complexity index is 678. The first-order valence-corrected chi connectivity index (χ1v) is 6.72. The minimum Gasteiger partial charge on any atom is -0.384 e. The van der Waals surface area contributed by atoms with Crippen LogP contribution in [0.15, 0.2) is 48.5 Å². The molecule has 3 nitrogen and oxygen atoms in total. The number of carbonyl (C=O) groups is 1. The maximum Gasteiger partial charge on any atom is 0.251 e. The van der Waals surface area contributed by atoms with Gasteiger partial charge in [0.1, 0.15) is 6.61 Å². The van der Waals surface area contributed by atoms with Crippen LogP contribution in [0.5, 0.6) is 0 Å². The molecular weight excluding hydrogens is 262 g/mol. The second-order valence-corrected chi connectivity index (χ2v) is 4.71. The Morgan fingerprint density at radius 3 is 2.67 bits per heavy atom. The molecule has 0 unspecified atom stereocenters. The maximum atomic E-state index is 12.1. The molecule has 0 bridgehead atoms. The predicted octanol–water partition coefficient (Wildman–Crippen LogP) is 2.27. The Morgan fingerprint density at radius 1 is 1.19 bits per heavy atom. The van der Waals surface area contributed by atoms with E-state index in [1.165, 1.54) is 5.56 Å². The number of amides is 1. The molecule has 106 valence electrons. The predicted molar refractivity (Wildman–Crippen MR) is 82.8 cm³/mol. The fraction of sp³-hybridized carbons (Fsp3) is 0.167. The van der Waals surface area contributed by atoms with E-state index in [1.807, 2.05) is 31.2 Å². The maximum absolute atomic E-state index is 12.1. The third-order valence-electron chi connectivity index (χ3n) is 3.01. The average Bonchev–Trinajstić information content (AvgIpc) is 2.52. The van der Waals surface area contributed by atoms with Crippen molar-refractivity contribution in [3.05, 3.63) is 70.8 Å². The quantitative estimate of drug-likeness (QED) is 0.847. The fourth-order valence-electron chi connectivity index (χ4n) is 1.87. The number of aryl methyl sites for hydroxylation is 1. The van der Waals surface area contributed by atoms with Crippen molar-refractivity contribution in [1.29, 1.82) is 0 Å². The number of nitrogens with one attached hydrogen (secondary N) is 1. The molecule has 0 spiro atoms. The average molecular weight is 279 g/mol. The Labute approximate surface area is 124 Å². The van der Waals surface area contributed by atoms with Gasteiger partial charge in [-0.3, -0.25) is 4.79 Å². The van der Waals surface area contributed by atoms with E-state index < -0.39 is 0 Å². The highest BCUT2D eigenvalue weighted by molar-refractivity contribution is 5.94. The summed E-state index contributed by atoms with van der Waals surface area (Å²) in [4.78, 5) is 12.1. The number of aliphatic hydroxyl groups excluding tert-OH is 1. The van der Waals surface area contributed by atoms with E-state index in [4.69, 9.17) is 5.11 Å². The summed E-state index contributed by atoms with van der Waals surface area (Å²) in [6.07, 6.45) is 0. The molecule has 0 saturated heterocycles. The molecule has 2 aromatic carbocycles. The van der Waals surface area contributed by atoms with E-state index in [0.29, 0.717) is 17.7 Å². The highest BCUT2D eigenvalue weighted by Crippen LogP contribution is 2.06. The summed E-state index contributed by atoms with van der Waals surface area (Å²) < 4.78 is 0. The molecule has 0 atom stereocenters. The lowest BCUT2D eigenvalue weighted by Crippen LogP contribution is -2.22. The first-order valence-electron chi connectivity index (χ1n) is 6.72. The lowest BCUT2D eigenvalue weighted by Gasteiger charge is -2.06. The van der Waals surface area contributed by atoms with Gasteiger partial charge in [0.2, 0.25) is 0 Å². The zero-order valence-electron chi connectivity index (χ0n) is 11.9. The molecule has 2 rings (SSSR count). The molecule has 0 aromatic heterocycles. The summed E-state index contributed by atoms with van der Waals surface area (Å²) in [5.74, 6) is 5.22. The van der Waals surface area contributed by atoms with Gasteiger partial charge in [0.15, 0.2) is 0 Å². The first-order chi connectivity index (χ1) is 10.2. The van der Waals surface area contributed by atoms with Gasteiger partial charge >= 0.3 is 0 Å². The van der Waals surface area contributed by atoms with Crippen molar-refractivity contribution in [3.63, 3.8) is 0 Å². The molecule has 0 heterocycles. The van der Waals surface area contributed by atoms with Crippen LogP contribution in [0.1, 0.15) is 27.0 Å². The highest BCUT2D eigenvalue weighted by atomic mass is 16.2. The van der Waals surface area contributed by atoms with Crippen molar-refractivity contribution in [2.75, 3.05) is 6.61 Å². The van der Waals surface area contributed by atoms with Gasteiger partial charge < -0.3 is 10.4 Å². The molecule has 1 amide bonds. The van der Waals surface area contributed by atoms with Gasteiger partial charge in [0, 0.05) is 17.7 Å².